The van der Waals surface area contributed by atoms with Crippen molar-refractivity contribution in [2.45, 2.75) is 20.0 Å². The van der Waals surface area contributed by atoms with Crippen LogP contribution in [-0.4, -0.2) is 51.9 Å². The third-order valence-electron chi connectivity index (χ3n) is 2.10. The van der Waals surface area contributed by atoms with Crippen LogP contribution in [0, 0.1) is 5.92 Å². The number of halogens is 3. The number of carboxylic acids is 2. The zero-order valence-corrected chi connectivity index (χ0v) is 12.1. The number of hydrogen-bond donors (Lipinski definition) is 2. The van der Waals surface area contributed by atoms with E-state index < -0.39 is 18.1 Å². The predicted molar refractivity (Wildman–Crippen MR) is 70.8 cm³/mol. The summed E-state index contributed by atoms with van der Waals surface area (Å²) in [7, 11) is 1.88. The molecule has 0 aliphatic heterocycles. The highest BCUT2D eigenvalue weighted by molar-refractivity contribution is 5.83. The Labute approximate surface area is 124 Å². The van der Waals surface area contributed by atoms with Crippen LogP contribution in [0.15, 0.2) is 12.3 Å². The van der Waals surface area contributed by atoms with E-state index in [-0.39, 0.29) is 5.82 Å². The Balaban J connectivity index is 0.000000534. The van der Waals surface area contributed by atoms with Gasteiger partial charge in [0.05, 0.1) is 0 Å². The van der Waals surface area contributed by atoms with Crippen molar-refractivity contribution >= 4 is 17.8 Å². The largest absolute Gasteiger partial charge is 0.490 e. The van der Waals surface area contributed by atoms with Crippen LogP contribution in [0.5, 0.6) is 0 Å². The quantitative estimate of drug-likeness (QED) is 0.872. The van der Waals surface area contributed by atoms with E-state index in [1.54, 1.807) is 6.07 Å². The van der Waals surface area contributed by atoms with Crippen LogP contribution in [-0.2, 0) is 4.79 Å². The number of aliphatic carboxylic acids is 1. The number of carboxylic acid groups (broad SMARTS) is 2. The maximum atomic E-state index is 10.7. The lowest BCUT2D eigenvalue weighted by molar-refractivity contribution is -0.192. The molecule has 10 heteroatoms. The van der Waals surface area contributed by atoms with E-state index in [2.05, 4.69) is 23.8 Å². The lowest BCUT2D eigenvalue weighted by Crippen LogP contribution is -2.24. The SMILES string of the molecule is CC(C)CN(C)c1ccnc(C(=O)O)n1.O=C(O)C(F)(F)F. The second kappa shape index (κ2) is 8.15. The maximum Gasteiger partial charge on any atom is 0.490 e. The van der Waals surface area contributed by atoms with Gasteiger partial charge in [-0.25, -0.2) is 19.6 Å². The molecule has 0 radical (unpaired) electrons. The van der Waals surface area contributed by atoms with Gasteiger partial charge in [0.1, 0.15) is 5.82 Å². The van der Waals surface area contributed by atoms with Gasteiger partial charge in [-0.2, -0.15) is 13.2 Å². The number of rotatable bonds is 4. The summed E-state index contributed by atoms with van der Waals surface area (Å²) in [6.07, 6.45) is -3.62. The zero-order chi connectivity index (χ0) is 17.5. The molecule has 0 aromatic carbocycles. The van der Waals surface area contributed by atoms with Crippen molar-refractivity contribution < 1.29 is 33.0 Å². The topological polar surface area (TPSA) is 104 Å². The summed E-state index contributed by atoms with van der Waals surface area (Å²) in [5.74, 6) is -2.89. The number of aromatic nitrogens is 2. The van der Waals surface area contributed by atoms with Gasteiger partial charge in [-0.3, -0.25) is 0 Å². The maximum absolute atomic E-state index is 10.7. The summed E-state index contributed by atoms with van der Waals surface area (Å²) in [5, 5.41) is 15.9. The molecule has 0 spiro atoms. The van der Waals surface area contributed by atoms with E-state index in [9.17, 15) is 18.0 Å². The molecule has 0 saturated carbocycles. The lowest BCUT2D eigenvalue weighted by Gasteiger charge is -2.20. The number of aromatic carboxylic acids is 1. The summed E-state index contributed by atoms with van der Waals surface area (Å²) in [4.78, 5) is 29.1. The van der Waals surface area contributed by atoms with Crippen molar-refractivity contribution in [1.82, 2.24) is 9.97 Å². The molecule has 0 amide bonds. The third-order valence-corrected chi connectivity index (χ3v) is 2.10. The van der Waals surface area contributed by atoms with E-state index >= 15 is 0 Å². The molecule has 7 nitrogen and oxygen atoms in total. The minimum absolute atomic E-state index is 0.164. The number of alkyl halides is 3. The fourth-order valence-corrected chi connectivity index (χ4v) is 1.31. The minimum atomic E-state index is -5.08. The number of hydrogen-bond acceptors (Lipinski definition) is 5. The highest BCUT2D eigenvalue weighted by Crippen LogP contribution is 2.13. The minimum Gasteiger partial charge on any atom is -0.475 e. The normalized spacial score (nSPS) is 10.7. The second-order valence-corrected chi connectivity index (χ2v) is 4.62. The molecular weight excluding hydrogens is 307 g/mol. The highest BCUT2D eigenvalue weighted by atomic mass is 19.4. The third kappa shape index (κ3) is 7.41. The standard InChI is InChI=1S/C10H15N3O2.C2HF3O2/c1-7(2)6-13(3)8-4-5-11-9(12-8)10(14)15;3-2(4,5)1(6)7/h4-5,7H,6H2,1-3H3,(H,14,15);(H,6,7). The summed E-state index contributed by atoms with van der Waals surface area (Å²) < 4.78 is 31.7. The molecule has 0 aliphatic carbocycles. The van der Waals surface area contributed by atoms with Crippen LogP contribution in [0.1, 0.15) is 24.5 Å². The van der Waals surface area contributed by atoms with Crippen molar-refractivity contribution in [2.75, 3.05) is 18.5 Å². The van der Waals surface area contributed by atoms with Gasteiger partial charge in [-0.1, -0.05) is 13.8 Å². The Morgan fingerprint density at radius 1 is 1.32 bits per heavy atom. The first kappa shape index (κ1) is 19.6. The van der Waals surface area contributed by atoms with Crippen LogP contribution in [0.3, 0.4) is 0 Å². The average Bonchev–Trinajstić information content (AvgIpc) is 2.37. The molecule has 1 aromatic heterocycles. The Hall–Kier alpha value is -2.39. The average molecular weight is 323 g/mol. The molecule has 1 heterocycles. The molecule has 0 atom stereocenters. The fourth-order valence-electron chi connectivity index (χ4n) is 1.31. The monoisotopic (exact) mass is 323 g/mol. The van der Waals surface area contributed by atoms with Gasteiger partial charge in [-0.05, 0) is 12.0 Å². The molecule has 0 fully saturated rings. The number of carbonyl (C=O) groups is 2. The van der Waals surface area contributed by atoms with Crippen molar-refractivity contribution in [3.05, 3.63) is 18.1 Å². The first-order valence-electron chi connectivity index (χ1n) is 6.02. The highest BCUT2D eigenvalue weighted by Gasteiger charge is 2.38. The van der Waals surface area contributed by atoms with E-state index in [4.69, 9.17) is 15.0 Å². The van der Waals surface area contributed by atoms with E-state index in [0.29, 0.717) is 11.7 Å². The van der Waals surface area contributed by atoms with Crippen molar-refractivity contribution in [1.29, 1.82) is 0 Å². The van der Waals surface area contributed by atoms with Crippen molar-refractivity contribution in [3.63, 3.8) is 0 Å². The molecule has 0 bridgehead atoms. The Morgan fingerprint density at radius 3 is 2.18 bits per heavy atom. The Bertz CT molecular complexity index is 521. The molecule has 0 aliphatic rings. The molecule has 0 saturated heterocycles. The summed E-state index contributed by atoms with van der Waals surface area (Å²) in [5.41, 5.74) is 0. The smallest absolute Gasteiger partial charge is 0.475 e. The van der Waals surface area contributed by atoms with E-state index in [1.165, 1.54) is 6.20 Å². The number of anilines is 1. The van der Waals surface area contributed by atoms with Crippen LogP contribution in [0.2, 0.25) is 0 Å². The molecule has 1 rings (SSSR count). The van der Waals surface area contributed by atoms with Gasteiger partial charge in [0, 0.05) is 19.8 Å². The second-order valence-electron chi connectivity index (χ2n) is 4.62. The van der Waals surface area contributed by atoms with Gasteiger partial charge in [0.2, 0.25) is 5.82 Å². The first-order chi connectivity index (χ1) is 9.95. The van der Waals surface area contributed by atoms with Crippen LogP contribution >= 0.6 is 0 Å². The number of nitrogens with zero attached hydrogens (tertiary/aromatic N) is 3. The van der Waals surface area contributed by atoms with Gasteiger partial charge >= 0.3 is 18.1 Å². The predicted octanol–water partition coefficient (Wildman–Crippen LogP) is 1.90. The molecule has 0 unspecified atom stereocenters. The molecular formula is C12H16F3N3O4. The van der Waals surface area contributed by atoms with Crippen LogP contribution in [0.4, 0.5) is 19.0 Å². The first-order valence-corrected chi connectivity index (χ1v) is 6.02. The van der Waals surface area contributed by atoms with Gasteiger partial charge in [-0.15, -0.1) is 0 Å². The summed E-state index contributed by atoms with van der Waals surface area (Å²) in [6, 6.07) is 1.70. The molecule has 124 valence electrons. The van der Waals surface area contributed by atoms with Crippen molar-refractivity contribution in [2.24, 2.45) is 5.92 Å². The molecule has 1 aromatic rings. The van der Waals surface area contributed by atoms with Crippen molar-refractivity contribution in [3.8, 4) is 0 Å². The fraction of sp³-hybridized carbons (Fsp3) is 0.500. The van der Waals surface area contributed by atoms with Gasteiger partial charge < -0.3 is 15.1 Å². The van der Waals surface area contributed by atoms with E-state index in [0.717, 1.165) is 6.54 Å². The van der Waals surface area contributed by atoms with Crippen LogP contribution in [0.25, 0.3) is 0 Å². The van der Waals surface area contributed by atoms with E-state index in [1.807, 2.05) is 11.9 Å². The Morgan fingerprint density at radius 2 is 1.82 bits per heavy atom. The summed E-state index contributed by atoms with van der Waals surface area (Å²) in [6.45, 7) is 5.02. The van der Waals surface area contributed by atoms with Crippen LogP contribution < -0.4 is 4.90 Å². The van der Waals surface area contributed by atoms with Gasteiger partial charge in [0.15, 0.2) is 0 Å². The molecule has 22 heavy (non-hydrogen) atoms. The lowest BCUT2D eigenvalue weighted by atomic mass is 10.2. The molecule has 2 N–H and O–H groups in total. The summed E-state index contributed by atoms with van der Waals surface area (Å²) >= 11 is 0. The zero-order valence-electron chi connectivity index (χ0n) is 12.1. The Kier molecular flexibility index (Phi) is 7.26. The van der Waals surface area contributed by atoms with Gasteiger partial charge in [0.25, 0.3) is 0 Å².